The van der Waals surface area contributed by atoms with E-state index in [2.05, 4.69) is 5.32 Å². The highest BCUT2D eigenvalue weighted by Gasteiger charge is 2.53. The second-order valence-corrected chi connectivity index (χ2v) is 6.36. The van der Waals surface area contributed by atoms with E-state index in [0.717, 1.165) is 25.7 Å². The molecule has 3 aliphatic rings. The summed E-state index contributed by atoms with van der Waals surface area (Å²) in [4.78, 5) is 26.1. The van der Waals surface area contributed by atoms with Gasteiger partial charge in [-0.1, -0.05) is 19.8 Å². The monoisotopic (exact) mass is 282 g/mol. The summed E-state index contributed by atoms with van der Waals surface area (Å²) in [5.41, 5.74) is 0. The van der Waals surface area contributed by atoms with Crippen molar-refractivity contribution in [1.82, 2.24) is 10.2 Å². The quantitative estimate of drug-likeness (QED) is 0.561. The van der Waals surface area contributed by atoms with Crippen LogP contribution >= 0.6 is 0 Å². The molecular formula is C14H22N2O4. The summed E-state index contributed by atoms with van der Waals surface area (Å²) in [6.07, 6.45) is 0.659. The summed E-state index contributed by atoms with van der Waals surface area (Å²) < 4.78 is 0. The summed E-state index contributed by atoms with van der Waals surface area (Å²) in [5.74, 6) is -0.907. The number of rotatable bonds is 1. The maximum Gasteiger partial charge on any atom is 0.234 e. The third-order valence-electron chi connectivity index (χ3n) is 5.06. The van der Waals surface area contributed by atoms with E-state index in [4.69, 9.17) is 0 Å². The van der Waals surface area contributed by atoms with Crippen LogP contribution in [0.4, 0.5) is 0 Å². The molecule has 6 unspecified atom stereocenters. The Hall–Kier alpha value is -0.980. The molecule has 0 radical (unpaired) electrons. The van der Waals surface area contributed by atoms with Gasteiger partial charge in [-0.3, -0.25) is 19.8 Å². The zero-order chi connectivity index (χ0) is 14.4. The maximum atomic E-state index is 12.5. The molecular weight excluding hydrogens is 260 g/mol. The van der Waals surface area contributed by atoms with Crippen LogP contribution in [0.15, 0.2) is 0 Å². The van der Waals surface area contributed by atoms with Crippen LogP contribution in [0.1, 0.15) is 32.6 Å². The first-order valence-electron chi connectivity index (χ1n) is 7.49. The van der Waals surface area contributed by atoms with Crippen molar-refractivity contribution in [2.24, 2.45) is 17.8 Å². The van der Waals surface area contributed by atoms with E-state index in [0.29, 0.717) is 6.54 Å². The molecule has 2 saturated heterocycles. The van der Waals surface area contributed by atoms with Gasteiger partial charge in [-0.25, -0.2) is 0 Å². The van der Waals surface area contributed by atoms with Gasteiger partial charge in [-0.2, -0.15) is 0 Å². The van der Waals surface area contributed by atoms with Gasteiger partial charge in [-0.15, -0.1) is 0 Å². The number of piperidine rings is 1. The van der Waals surface area contributed by atoms with Crippen LogP contribution in [-0.2, 0) is 9.59 Å². The fourth-order valence-electron chi connectivity index (χ4n) is 3.78. The van der Waals surface area contributed by atoms with Gasteiger partial charge in [0.15, 0.2) is 0 Å². The molecule has 3 fully saturated rings. The normalized spacial score (nSPS) is 45.6. The summed E-state index contributed by atoms with van der Waals surface area (Å²) in [7, 11) is 0. The number of likely N-dealkylation sites (tertiary alicyclic amines) is 1. The lowest BCUT2D eigenvalue weighted by molar-refractivity contribution is -0.154. The molecule has 3 N–H and O–H groups in total. The fraction of sp³-hybridized carbons (Fsp3) is 0.857. The highest BCUT2D eigenvalue weighted by molar-refractivity contribution is 6.05. The standard InChI is InChI=1S/C14H22N2O4/c1-7-6-15-12(11(18)10(7)17)16-13(19)8-4-2-3-5-9(8)14(16)20/h7-12,15,17-18H,2-6H2,1H3. The molecule has 1 saturated carbocycles. The Bertz CT molecular complexity index is 403. The number of aliphatic hydroxyl groups is 2. The smallest absolute Gasteiger partial charge is 0.234 e. The molecule has 6 nitrogen and oxygen atoms in total. The third-order valence-corrected chi connectivity index (χ3v) is 5.06. The van der Waals surface area contributed by atoms with Gasteiger partial charge >= 0.3 is 0 Å². The summed E-state index contributed by atoms with van der Waals surface area (Å²) in [6.45, 7) is 2.31. The Morgan fingerprint density at radius 2 is 1.60 bits per heavy atom. The van der Waals surface area contributed by atoms with Crippen LogP contribution in [0.3, 0.4) is 0 Å². The van der Waals surface area contributed by atoms with Gasteiger partial charge in [0.05, 0.1) is 17.9 Å². The number of aliphatic hydroxyl groups excluding tert-OH is 2. The zero-order valence-electron chi connectivity index (χ0n) is 11.7. The molecule has 0 aromatic rings. The Kier molecular flexibility index (Phi) is 3.56. The minimum absolute atomic E-state index is 0.101. The van der Waals surface area contributed by atoms with Crippen LogP contribution in [-0.4, -0.2) is 51.8 Å². The predicted molar refractivity (Wildman–Crippen MR) is 70.3 cm³/mol. The highest BCUT2D eigenvalue weighted by Crippen LogP contribution is 2.39. The average Bonchev–Trinajstić information content (AvgIpc) is 2.70. The molecule has 2 amide bonds. The van der Waals surface area contributed by atoms with Gasteiger partial charge in [-0.05, 0) is 18.8 Å². The third kappa shape index (κ3) is 1.98. The summed E-state index contributed by atoms with van der Waals surface area (Å²) in [5, 5.41) is 23.2. The number of fused-ring (bicyclic) bond motifs is 1. The van der Waals surface area contributed by atoms with E-state index in [1.807, 2.05) is 6.92 Å². The number of nitrogens with zero attached hydrogens (tertiary/aromatic N) is 1. The molecule has 0 aromatic carbocycles. The molecule has 0 bridgehead atoms. The largest absolute Gasteiger partial charge is 0.390 e. The van der Waals surface area contributed by atoms with Crippen LogP contribution in [0, 0.1) is 17.8 Å². The number of carbonyl (C=O) groups excluding carboxylic acids is 2. The molecule has 20 heavy (non-hydrogen) atoms. The second kappa shape index (κ2) is 5.09. The Balaban J connectivity index is 1.83. The van der Waals surface area contributed by atoms with E-state index in [1.165, 1.54) is 4.90 Å². The molecule has 6 atom stereocenters. The van der Waals surface area contributed by atoms with Crippen molar-refractivity contribution < 1.29 is 19.8 Å². The van der Waals surface area contributed by atoms with Gasteiger partial charge in [0.2, 0.25) is 11.8 Å². The first-order chi connectivity index (χ1) is 9.52. The second-order valence-electron chi connectivity index (χ2n) is 6.36. The van der Waals surface area contributed by atoms with Crippen LogP contribution in [0.2, 0.25) is 0 Å². The van der Waals surface area contributed by atoms with Crippen molar-refractivity contribution in [3.8, 4) is 0 Å². The number of carbonyl (C=O) groups is 2. The van der Waals surface area contributed by atoms with E-state index in [9.17, 15) is 19.8 Å². The lowest BCUT2D eigenvalue weighted by Gasteiger charge is -2.40. The van der Waals surface area contributed by atoms with Gasteiger partial charge in [0, 0.05) is 6.54 Å². The van der Waals surface area contributed by atoms with E-state index in [-0.39, 0.29) is 29.6 Å². The number of hydrogen-bond donors (Lipinski definition) is 3. The fourth-order valence-corrected chi connectivity index (χ4v) is 3.78. The van der Waals surface area contributed by atoms with Crippen molar-refractivity contribution in [3.05, 3.63) is 0 Å². The number of amides is 2. The number of nitrogens with one attached hydrogen (secondary N) is 1. The van der Waals surface area contributed by atoms with Gasteiger partial charge in [0.1, 0.15) is 12.3 Å². The lowest BCUT2D eigenvalue weighted by Crippen LogP contribution is -2.64. The van der Waals surface area contributed by atoms with Gasteiger partial charge in [0.25, 0.3) is 0 Å². The predicted octanol–water partition coefficient (Wildman–Crippen LogP) is -0.551. The highest BCUT2D eigenvalue weighted by atomic mass is 16.3. The Morgan fingerprint density at radius 1 is 1.05 bits per heavy atom. The average molecular weight is 282 g/mol. The van der Waals surface area contributed by atoms with E-state index in [1.54, 1.807) is 0 Å². The van der Waals surface area contributed by atoms with Crippen LogP contribution in [0.25, 0.3) is 0 Å². The number of imide groups is 1. The first-order valence-corrected chi connectivity index (χ1v) is 7.49. The topological polar surface area (TPSA) is 89.9 Å². The summed E-state index contributed by atoms with van der Waals surface area (Å²) >= 11 is 0. The van der Waals surface area contributed by atoms with Crippen molar-refractivity contribution in [2.75, 3.05) is 6.54 Å². The molecule has 0 spiro atoms. The van der Waals surface area contributed by atoms with Crippen molar-refractivity contribution >= 4 is 11.8 Å². The molecule has 3 rings (SSSR count). The van der Waals surface area contributed by atoms with Crippen molar-refractivity contribution in [3.63, 3.8) is 0 Å². The SMILES string of the molecule is CC1CNC(N2C(=O)C3CCCCC3C2=O)C(O)C1O. The first kappa shape index (κ1) is 14.0. The molecule has 1 aliphatic carbocycles. The maximum absolute atomic E-state index is 12.5. The van der Waals surface area contributed by atoms with Crippen LogP contribution < -0.4 is 5.32 Å². The molecule has 6 heteroatoms. The lowest BCUT2D eigenvalue weighted by atomic mass is 9.81. The zero-order valence-corrected chi connectivity index (χ0v) is 11.7. The molecule has 0 aromatic heterocycles. The van der Waals surface area contributed by atoms with Gasteiger partial charge < -0.3 is 10.2 Å². The number of hydrogen-bond acceptors (Lipinski definition) is 5. The minimum atomic E-state index is -1.12. The van der Waals surface area contributed by atoms with Crippen LogP contribution in [0.5, 0.6) is 0 Å². The molecule has 2 aliphatic heterocycles. The Morgan fingerprint density at radius 3 is 2.15 bits per heavy atom. The Labute approximate surface area is 118 Å². The van der Waals surface area contributed by atoms with E-state index < -0.39 is 18.4 Å². The molecule has 2 heterocycles. The molecule has 112 valence electrons. The van der Waals surface area contributed by atoms with Crippen molar-refractivity contribution in [2.45, 2.75) is 51.0 Å². The van der Waals surface area contributed by atoms with Crippen molar-refractivity contribution in [1.29, 1.82) is 0 Å². The minimum Gasteiger partial charge on any atom is -0.390 e. The van der Waals surface area contributed by atoms with E-state index >= 15 is 0 Å². The summed E-state index contributed by atoms with van der Waals surface area (Å²) in [6, 6.07) is 0.